The number of hydrogen-bond donors (Lipinski definition) is 1. The van der Waals surface area contributed by atoms with Crippen LogP contribution in [0.3, 0.4) is 0 Å². The Morgan fingerprint density at radius 1 is 1.11 bits per heavy atom. The van der Waals surface area contributed by atoms with Crippen LogP contribution >= 0.6 is 0 Å². The standard InChI is InChI=1S/C13H24O4.Li.Na.2H/c1-4-5-6-7-8-9-13(2,3)17-12(16)10-11(14)15;;;;/h4-10H2,1-3H3,(H,14,15);;;;. The van der Waals surface area contributed by atoms with E-state index in [4.69, 9.17) is 9.84 Å². The predicted octanol–water partition coefficient (Wildman–Crippen LogP) is 1.85. The Morgan fingerprint density at radius 3 is 2.11 bits per heavy atom. The molecule has 104 valence electrons. The Labute approximate surface area is 150 Å². The van der Waals surface area contributed by atoms with E-state index in [1.165, 1.54) is 19.3 Å². The molecule has 0 aliphatic carbocycles. The van der Waals surface area contributed by atoms with Gasteiger partial charge in [0, 0.05) is 0 Å². The fourth-order valence-corrected chi connectivity index (χ4v) is 1.67. The monoisotopic (exact) mass is 276 g/mol. The first kappa shape index (κ1) is 24.5. The first-order chi connectivity index (χ1) is 7.87. The van der Waals surface area contributed by atoms with Crippen LogP contribution in [0.5, 0.6) is 0 Å². The molecule has 19 heavy (non-hydrogen) atoms. The summed E-state index contributed by atoms with van der Waals surface area (Å²) >= 11 is 0. The summed E-state index contributed by atoms with van der Waals surface area (Å²) in [5.74, 6) is -1.80. The topological polar surface area (TPSA) is 63.6 Å². The van der Waals surface area contributed by atoms with Crippen LogP contribution in [0.25, 0.3) is 0 Å². The molecule has 0 heterocycles. The van der Waals surface area contributed by atoms with Crippen molar-refractivity contribution in [2.45, 2.75) is 71.3 Å². The molecule has 0 aliphatic rings. The molecule has 0 unspecified atom stereocenters. The van der Waals surface area contributed by atoms with Gasteiger partial charge in [0.25, 0.3) is 0 Å². The zero-order chi connectivity index (χ0) is 13.3. The van der Waals surface area contributed by atoms with Gasteiger partial charge in [-0.1, -0.05) is 32.6 Å². The van der Waals surface area contributed by atoms with Crippen molar-refractivity contribution < 1.29 is 19.4 Å². The van der Waals surface area contributed by atoms with E-state index in [9.17, 15) is 9.59 Å². The molecule has 0 fully saturated rings. The average Bonchev–Trinajstić information content (AvgIpc) is 2.14. The molecule has 0 spiro atoms. The number of carboxylic acid groups (broad SMARTS) is 1. The molecule has 0 aromatic heterocycles. The normalized spacial score (nSPS) is 10.1. The number of ether oxygens (including phenoxy) is 1. The van der Waals surface area contributed by atoms with Gasteiger partial charge in [-0.2, -0.15) is 0 Å². The van der Waals surface area contributed by atoms with Crippen molar-refractivity contribution in [2.75, 3.05) is 0 Å². The molecule has 4 nitrogen and oxygen atoms in total. The summed E-state index contributed by atoms with van der Waals surface area (Å²) in [5, 5.41) is 8.45. The summed E-state index contributed by atoms with van der Waals surface area (Å²) in [6.07, 6.45) is 6.01. The molecule has 6 heteroatoms. The van der Waals surface area contributed by atoms with Gasteiger partial charge in [0.2, 0.25) is 0 Å². The molecule has 0 saturated carbocycles. The van der Waals surface area contributed by atoms with E-state index in [0.717, 1.165) is 19.3 Å². The number of carbonyl (C=O) groups excluding carboxylic acids is 1. The van der Waals surface area contributed by atoms with E-state index < -0.39 is 24.0 Å². The molecule has 0 saturated heterocycles. The molecular formula is C13H26LiNaO4. The van der Waals surface area contributed by atoms with E-state index in [0.29, 0.717) is 0 Å². The molecule has 0 rings (SSSR count). The molecule has 1 N–H and O–H groups in total. The Morgan fingerprint density at radius 2 is 1.63 bits per heavy atom. The fraction of sp³-hybridized carbons (Fsp3) is 0.846. The molecule has 0 bridgehead atoms. The van der Waals surface area contributed by atoms with Gasteiger partial charge in [-0.15, -0.1) is 0 Å². The van der Waals surface area contributed by atoms with E-state index in [1.807, 2.05) is 13.8 Å². The van der Waals surface area contributed by atoms with Gasteiger partial charge < -0.3 is 9.84 Å². The van der Waals surface area contributed by atoms with Crippen LogP contribution < -0.4 is 0 Å². The van der Waals surface area contributed by atoms with Gasteiger partial charge >= 0.3 is 60.4 Å². The predicted molar refractivity (Wildman–Crippen MR) is 80.1 cm³/mol. The van der Waals surface area contributed by atoms with Crippen molar-refractivity contribution in [2.24, 2.45) is 0 Å². The minimum absolute atomic E-state index is 0. The summed E-state index contributed by atoms with van der Waals surface area (Å²) < 4.78 is 5.14. The second-order valence-electron chi connectivity index (χ2n) is 4.97. The average molecular weight is 276 g/mol. The van der Waals surface area contributed by atoms with Crippen molar-refractivity contribution >= 4 is 60.4 Å². The first-order valence-electron chi connectivity index (χ1n) is 6.31. The number of hydrogen-bond acceptors (Lipinski definition) is 3. The van der Waals surface area contributed by atoms with E-state index >= 15 is 0 Å². The number of aliphatic carboxylic acids is 1. The molecule has 0 aromatic rings. The SMILES string of the molecule is CCCCCCCC(C)(C)OC(=O)CC(=O)O.[LiH].[NaH]. The zero-order valence-electron chi connectivity index (χ0n) is 11.1. The number of carboxylic acids is 1. The minimum atomic E-state index is -1.14. The number of rotatable bonds is 9. The Bertz CT molecular complexity index is 257. The molecule has 0 amide bonds. The Hall–Kier alpha value is 0.537. The van der Waals surface area contributed by atoms with Crippen LogP contribution in [0.1, 0.15) is 65.7 Å². The Kier molecular flexibility index (Phi) is 17.5. The van der Waals surface area contributed by atoms with Crippen LogP contribution in [-0.2, 0) is 14.3 Å². The summed E-state index contributed by atoms with van der Waals surface area (Å²) in [5.41, 5.74) is -0.557. The molecule has 0 aromatic carbocycles. The summed E-state index contributed by atoms with van der Waals surface area (Å²) in [4.78, 5) is 21.5. The maximum atomic E-state index is 11.2. The van der Waals surface area contributed by atoms with Crippen molar-refractivity contribution in [1.29, 1.82) is 0 Å². The van der Waals surface area contributed by atoms with Crippen LogP contribution in [-0.4, -0.2) is 71.1 Å². The molecule has 0 radical (unpaired) electrons. The number of carbonyl (C=O) groups is 2. The van der Waals surface area contributed by atoms with Crippen molar-refractivity contribution in [3.63, 3.8) is 0 Å². The van der Waals surface area contributed by atoms with E-state index in [2.05, 4.69) is 6.92 Å². The fourth-order valence-electron chi connectivity index (χ4n) is 1.67. The molecule has 0 aliphatic heterocycles. The van der Waals surface area contributed by atoms with Gasteiger partial charge in [0.1, 0.15) is 12.0 Å². The third kappa shape index (κ3) is 16.5. The maximum absolute atomic E-state index is 11.2. The summed E-state index contributed by atoms with van der Waals surface area (Å²) in [7, 11) is 0. The second-order valence-corrected chi connectivity index (χ2v) is 4.97. The number of esters is 1. The van der Waals surface area contributed by atoms with Crippen molar-refractivity contribution in [3.8, 4) is 0 Å². The number of unbranched alkanes of at least 4 members (excludes halogenated alkanes) is 4. The third-order valence-corrected chi connectivity index (χ3v) is 2.57. The summed E-state index contributed by atoms with van der Waals surface area (Å²) in [6.45, 7) is 5.82. The van der Waals surface area contributed by atoms with Crippen LogP contribution in [0.2, 0.25) is 0 Å². The van der Waals surface area contributed by atoms with Crippen LogP contribution in [0.4, 0.5) is 0 Å². The van der Waals surface area contributed by atoms with E-state index in [1.54, 1.807) is 0 Å². The van der Waals surface area contributed by atoms with E-state index in [-0.39, 0.29) is 48.4 Å². The van der Waals surface area contributed by atoms with Crippen LogP contribution in [0, 0.1) is 0 Å². The Balaban J connectivity index is -0.00000128. The first-order valence-corrected chi connectivity index (χ1v) is 6.31. The van der Waals surface area contributed by atoms with Gasteiger partial charge in [-0.3, -0.25) is 9.59 Å². The van der Waals surface area contributed by atoms with Crippen LogP contribution in [0.15, 0.2) is 0 Å². The second kappa shape index (κ2) is 13.5. The van der Waals surface area contributed by atoms with Crippen molar-refractivity contribution in [3.05, 3.63) is 0 Å². The van der Waals surface area contributed by atoms with Gasteiger partial charge in [0.05, 0.1) is 0 Å². The quantitative estimate of drug-likeness (QED) is 0.302. The molecule has 0 atom stereocenters. The van der Waals surface area contributed by atoms with Gasteiger partial charge in [0.15, 0.2) is 0 Å². The van der Waals surface area contributed by atoms with Crippen molar-refractivity contribution in [1.82, 2.24) is 0 Å². The molecular weight excluding hydrogens is 250 g/mol. The van der Waals surface area contributed by atoms with Gasteiger partial charge in [-0.05, 0) is 26.7 Å². The summed E-state index contributed by atoms with van der Waals surface area (Å²) in [6, 6.07) is 0. The zero-order valence-corrected chi connectivity index (χ0v) is 11.1. The van der Waals surface area contributed by atoms with Gasteiger partial charge in [-0.25, -0.2) is 0 Å². The third-order valence-electron chi connectivity index (χ3n) is 2.57.